The van der Waals surface area contributed by atoms with Gasteiger partial charge in [0.15, 0.2) is 0 Å². The number of nitrogens with zero attached hydrogens (tertiary/aromatic N) is 2. The number of carbonyl (C=O) groups is 1. The summed E-state index contributed by atoms with van der Waals surface area (Å²) in [6.07, 6.45) is -3.33. The van der Waals surface area contributed by atoms with Gasteiger partial charge in [-0.15, -0.1) is 0 Å². The maximum absolute atomic E-state index is 12.1. The largest absolute Gasteiger partial charge is 0.464 e. The molecule has 0 radical (unpaired) electrons. The molecule has 0 saturated heterocycles. The van der Waals surface area contributed by atoms with Gasteiger partial charge in [0.2, 0.25) is 0 Å². The number of aromatic nitrogens is 2. The Balaban J connectivity index is 3.05. The summed E-state index contributed by atoms with van der Waals surface area (Å²) in [7, 11) is 1.10. The first-order valence-corrected chi connectivity index (χ1v) is 4.02. The Bertz CT molecular complexity index is 370. The summed E-state index contributed by atoms with van der Waals surface area (Å²) in [6.45, 7) is 0.140. The van der Waals surface area contributed by atoms with Gasteiger partial charge in [-0.25, -0.2) is 9.78 Å². The maximum atomic E-state index is 12.1. The molecule has 15 heavy (non-hydrogen) atoms. The van der Waals surface area contributed by atoms with E-state index in [4.69, 9.17) is 0 Å². The summed E-state index contributed by atoms with van der Waals surface area (Å²) < 4.78 is 41.5. The minimum absolute atomic E-state index is 0.118. The molecule has 0 N–H and O–H groups in total. The molecule has 0 saturated carbocycles. The van der Waals surface area contributed by atoms with E-state index in [2.05, 4.69) is 9.72 Å². The second kappa shape index (κ2) is 3.92. The van der Waals surface area contributed by atoms with Crippen LogP contribution in [-0.2, 0) is 11.3 Å². The molecule has 1 heterocycles. The SMILES string of the molecule is COC(=O)c1cnc(C)n1CC(F)(F)F. The van der Waals surface area contributed by atoms with Crippen molar-refractivity contribution in [1.82, 2.24) is 9.55 Å². The lowest BCUT2D eigenvalue weighted by atomic mass is 10.4. The standard InChI is InChI=1S/C8H9F3N2O2/c1-5-12-3-6(7(14)15-2)13(5)4-8(9,10)11/h3H,4H2,1-2H3. The Kier molecular flexibility index (Phi) is 3.01. The fraction of sp³-hybridized carbons (Fsp3) is 0.500. The monoisotopic (exact) mass is 222 g/mol. The van der Waals surface area contributed by atoms with Gasteiger partial charge in [0.05, 0.1) is 13.3 Å². The number of rotatable bonds is 2. The molecule has 0 aromatic carbocycles. The van der Waals surface area contributed by atoms with Crippen molar-refractivity contribution < 1.29 is 22.7 Å². The Labute approximate surface area is 83.7 Å². The zero-order valence-electron chi connectivity index (χ0n) is 8.13. The van der Waals surface area contributed by atoms with E-state index >= 15 is 0 Å². The summed E-state index contributed by atoms with van der Waals surface area (Å²) in [5.41, 5.74) is -0.202. The number of alkyl halides is 3. The van der Waals surface area contributed by atoms with Crippen LogP contribution in [0.2, 0.25) is 0 Å². The quantitative estimate of drug-likeness (QED) is 0.713. The Hall–Kier alpha value is -1.53. The third-order valence-corrected chi connectivity index (χ3v) is 1.79. The minimum atomic E-state index is -4.39. The molecule has 0 fully saturated rings. The topological polar surface area (TPSA) is 44.1 Å². The smallest absolute Gasteiger partial charge is 0.406 e. The van der Waals surface area contributed by atoms with Gasteiger partial charge in [-0.1, -0.05) is 0 Å². The fourth-order valence-corrected chi connectivity index (χ4v) is 1.11. The number of halogens is 3. The summed E-state index contributed by atoms with van der Waals surface area (Å²) in [5, 5.41) is 0. The molecule has 0 atom stereocenters. The Morgan fingerprint density at radius 3 is 2.67 bits per heavy atom. The molecule has 0 unspecified atom stereocenters. The van der Waals surface area contributed by atoms with Gasteiger partial charge in [-0.3, -0.25) is 0 Å². The average Bonchev–Trinajstić information content (AvgIpc) is 2.45. The van der Waals surface area contributed by atoms with E-state index in [1.165, 1.54) is 6.92 Å². The van der Waals surface area contributed by atoms with Crippen molar-refractivity contribution in [2.45, 2.75) is 19.6 Å². The molecule has 0 bridgehead atoms. The van der Waals surface area contributed by atoms with Crippen LogP contribution in [0, 0.1) is 6.92 Å². The average molecular weight is 222 g/mol. The van der Waals surface area contributed by atoms with E-state index in [1.807, 2.05) is 0 Å². The Morgan fingerprint density at radius 1 is 1.60 bits per heavy atom. The number of aryl methyl sites for hydroxylation is 1. The van der Waals surface area contributed by atoms with Gasteiger partial charge >= 0.3 is 12.1 Å². The van der Waals surface area contributed by atoms with Crippen LogP contribution in [0.25, 0.3) is 0 Å². The Morgan fingerprint density at radius 2 is 2.20 bits per heavy atom. The molecular formula is C8H9F3N2O2. The first-order chi connectivity index (χ1) is 6.85. The van der Waals surface area contributed by atoms with E-state index in [1.54, 1.807) is 0 Å². The highest BCUT2D eigenvalue weighted by Gasteiger charge is 2.31. The van der Waals surface area contributed by atoms with Crippen LogP contribution in [0.15, 0.2) is 6.20 Å². The minimum Gasteiger partial charge on any atom is -0.464 e. The zero-order valence-corrected chi connectivity index (χ0v) is 8.13. The van der Waals surface area contributed by atoms with Crippen molar-refractivity contribution in [2.24, 2.45) is 0 Å². The van der Waals surface area contributed by atoms with Gasteiger partial charge in [-0.05, 0) is 6.92 Å². The van der Waals surface area contributed by atoms with Crippen LogP contribution in [0.4, 0.5) is 13.2 Å². The van der Waals surface area contributed by atoms with E-state index in [9.17, 15) is 18.0 Å². The van der Waals surface area contributed by atoms with Crippen LogP contribution in [0.3, 0.4) is 0 Å². The van der Waals surface area contributed by atoms with Crippen molar-refractivity contribution in [1.29, 1.82) is 0 Å². The van der Waals surface area contributed by atoms with Crippen molar-refractivity contribution in [3.8, 4) is 0 Å². The summed E-state index contributed by atoms with van der Waals surface area (Å²) in [4.78, 5) is 14.7. The number of methoxy groups -OCH3 is 1. The van der Waals surface area contributed by atoms with Gasteiger partial charge in [0, 0.05) is 0 Å². The molecule has 0 spiro atoms. The molecule has 7 heteroatoms. The van der Waals surface area contributed by atoms with Gasteiger partial charge in [-0.2, -0.15) is 13.2 Å². The zero-order chi connectivity index (χ0) is 11.6. The van der Waals surface area contributed by atoms with E-state index in [-0.39, 0.29) is 11.5 Å². The number of esters is 1. The summed E-state index contributed by atoms with van der Waals surface area (Å²) in [6, 6.07) is 0. The highest BCUT2D eigenvalue weighted by molar-refractivity contribution is 5.87. The molecule has 0 aliphatic carbocycles. The highest BCUT2D eigenvalue weighted by atomic mass is 19.4. The molecular weight excluding hydrogens is 213 g/mol. The van der Waals surface area contributed by atoms with Crippen LogP contribution in [0.5, 0.6) is 0 Å². The number of imidazole rings is 1. The first-order valence-electron chi connectivity index (χ1n) is 4.02. The van der Waals surface area contributed by atoms with Crippen LogP contribution >= 0.6 is 0 Å². The summed E-state index contributed by atoms with van der Waals surface area (Å²) >= 11 is 0. The number of hydrogen-bond acceptors (Lipinski definition) is 3. The van der Waals surface area contributed by atoms with Crippen LogP contribution in [0.1, 0.15) is 16.3 Å². The van der Waals surface area contributed by atoms with Gasteiger partial charge < -0.3 is 9.30 Å². The van der Waals surface area contributed by atoms with E-state index in [0.29, 0.717) is 0 Å². The third kappa shape index (κ3) is 2.71. The summed E-state index contributed by atoms with van der Waals surface area (Å²) in [5.74, 6) is -0.715. The maximum Gasteiger partial charge on any atom is 0.406 e. The molecule has 4 nitrogen and oxygen atoms in total. The normalized spacial score (nSPS) is 11.5. The number of ether oxygens (including phenoxy) is 1. The van der Waals surface area contributed by atoms with Crippen molar-refractivity contribution in [3.63, 3.8) is 0 Å². The van der Waals surface area contributed by atoms with Crippen molar-refractivity contribution in [2.75, 3.05) is 7.11 Å². The molecule has 0 aliphatic rings. The fourth-order valence-electron chi connectivity index (χ4n) is 1.11. The molecule has 1 aromatic heterocycles. The first kappa shape index (κ1) is 11.5. The van der Waals surface area contributed by atoms with Crippen molar-refractivity contribution in [3.05, 3.63) is 17.7 Å². The van der Waals surface area contributed by atoms with Crippen LogP contribution in [-0.4, -0.2) is 28.8 Å². The second-order valence-electron chi connectivity index (χ2n) is 2.88. The van der Waals surface area contributed by atoms with Crippen molar-refractivity contribution >= 4 is 5.97 Å². The van der Waals surface area contributed by atoms with E-state index < -0.39 is 18.7 Å². The predicted octanol–water partition coefficient (Wildman–Crippen LogP) is 1.54. The lowest BCUT2D eigenvalue weighted by Crippen LogP contribution is -2.22. The molecule has 1 aromatic rings. The molecule has 0 amide bonds. The third-order valence-electron chi connectivity index (χ3n) is 1.79. The highest BCUT2D eigenvalue weighted by Crippen LogP contribution is 2.20. The molecule has 84 valence electrons. The van der Waals surface area contributed by atoms with Gasteiger partial charge in [0.1, 0.15) is 18.1 Å². The number of hydrogen-bond donors (Lipinski definition) is 0. The predicted molar refractivity (Wildman–Crippen MR) is 44.4 cm³/mol. The lowest BCUT2D eigenvalue weighted by molar-refractivity contribution is -0.141. The van der Waals surface area contributed by atoms with Crippen LogP contribution < -0.4 is 0 Å². The second-order valence-corrected chi connectivity index (χ2v) is 2.88. The van der Waals surface area contributed by atoms with E-state index in [0.717, 1.165) is 17.9 Å². The molecule has 0 aliphatic heterocycles. The molecule has 1 rings (SSSR count). The van der Waals surface area contributed by atoms with Gasteiger partial charge in [0.25, 0.3) is 0 Å². The number of carbonyl (C=O) groups excluding carboxylic acids is 1. The lowest BCUT2D eigenvalue weighted by Gasteiger charge is -2.11.